The maximum Gasteiger partial charge on any atom is 0.157 e. The van der Waals surface area contributed by atoms with E-state index in [9.17, 15) is 0 Å². The lowest BCUT2D eigenvalue weighted by Gasteiger charge is -2.28. The summed E-state index contributed by atoms with van der Waals surface area (Å²) in [6.07, 6.45) is 7.19. The third-order valence-corrected chi connectivity index (χ3v) is 4.04. The minimum Gasteiger partial charge on any atom is -0.373 e. The highest BCUT2D eigenvalue weighted by Gasteiger charge is 2.27. The quantitative estimate of drug-likeness (QED) is 0.899. The van der Waals surface area contributed by atoms with E-state index in [2.05, 4.69) is 4.98 Å². The number of rotatable bonds is 5. The molecule has 0 amide bonds. The second-order valence-electron chi connectivity index (χ2n) is 6.09. The molecule has 20 heavy (non-hydrogen) atoms. The van der Waals surface area contributed by atoms with Gasteiger partial charge < -0.3 is 10.5 Å². The Morgan fingerprint density at radius 3 is 2.60 bits per heavy atom. The molecule has 1 aliphatic carbocycles. The second-order valence-corrected chi connectivity index (χ2v) is 6.09. The molecule has 2 atom stereocenters. The summed E-state index contributed by atoms with van der Waals surface area (Å²) in [5.41, 5.74) is 7.92. The molecule has 0 saturated heterocycles. The predicted octanol–water partition coefficient (Wildman–Crippen LogP) is 2.94. The normalized spacial score (nSPS) is 19.8. The monoisotopic (exact) mass is 277 g/mol. The fourth-order valence-corrected chi connectivity index (χ4v) is 3.17. The van der Waals surface area contributed by atoms with Gasteiger partial charge >= 0.3 is 0 Å². The van der Waals surface area contributed by atoms with E-state index >= 15 is 0 Å². The van der Waals surface area contributed by atoms with Crippen LogP contribution in [0.1, 0.15) is 62.3 Å². The predicted molar refractivity (Wildman–Crippen MR) is 80.4 cm³/mol. The van der Waals surface area contributed by atoms with Crippen LogP contribution in [0, 0.1) is 12.8 Å². The summed E-state index contributed by atoms with van der Waals surface area (Å²) >= 11 is 0. The zero-order chi connectivity index (χ0) is 14.5. The fraction of sp³-hybridized carbons (Fsp3) is 0.750. The van der Waals surface area contributed by atoms with E-state index in [1.165, 1.54) is 32.1 Å². The summed E-state index contributed by atoms with van der Waals surface area (Å²) in [7, 11) is 1.77. The first-order chi connectivity index (χ1) is 9.60. The van der Waals surface area contributed by atoms with Crippen LogP contribution in [0.25, 0.3) is 0 Å². The Morgan fingerprint density at radius 2 is 2.00 bits per heavy atom. The van der Waals surface area contributed by atoms with E-state index in [-0.39, 0.29) is 12.1 Å². The fourth-order valence-electron chi connectivity index (χ4n) is 3.17. The number of hydrogen-bond acceptors (Lipinski definition) is 4. The lowest BCUT2D eigenvalue weighted by atomic mass is 9.85. The van der Waals surface area contributed by atoms with Crippen molar-refractivity contribution in [3.05, 3.63) is 23.3 Å². The van der Waals surface area contributed by atoms with Gasteiger partial charge in [-0.2, -0.15) is 0 Å². The summed E-state index contributed by atoms with van der Waals surface area (Å²) in [5, 5.41) is 0. The standard InChI is InChI=1S/C16H27N3O/c1-11(17)9-14-10-12(2)18-16(19-14)15(20-3)13-7-5-4-6-8-13/h10-11,13,15H,4-9,17H2,1-3H3. The number of ether oxygens (including phenoxy) is 1. The van der Waals surface area contributed by atoms with E-state index in [1.807, 2.05) is 19.9 Å². The highest BCUT2D eigenvalue weighted by Crippen LogP contribution is 2.35. The van der Waals surface area contributed by atoms with Gasteiger partial charge in [-0.15, -0.1) is 0 Å². The minimum atomic E-state index is 0.0297. The van der Waals surface area contributed by atoms with Gasteiger partial charge in [0, 0.05) is 31.0 Å². The Kier molecular flexibility index (Phi) is 5.49. The Balaban J connectivity index is 2.21. The largest absolute Gasteiger partial charge is 0.373 e. The maximum absolute atomic E-state index is 5.88. The van der Waals surface area contributed by atoms with Crippen molar-refractivity contribution in [2.24, 2.45) is 11.7 Å². The van der Waals surface area contributed by atoms with E-state index in [1.54, 1.807) is 7.11 Å². The molecule has 1 heterocycles. The molecule has 0 aromatic carbocycles. The van der Waals surface area contributed by atoms with Crippen LogP contribution in [-0.2, 0) is 11.2 Å². The Bertz CT molecular complexity index is 428. The zero-order valence-electron chi connectivity index (χ0n) is 12.9. The number of nitrogens with two attached hydrogens (primary N) is 1. The molecule has 1 aromatic rings. The average molecular weight is 277 g/mol. The van der Waals surface area contributed by atoms with Crippen molar-refractivity contribution in [3.63, 3.8) is 0 Å². The van der Waals surface area contributed by atoms with Crippen LogP contribution in [-0.4, -0.2) is 23.1 Å². The van der Waals surface area contributed by atoms with Gasteiger partial charge in [-0.25, -0.2) is 9.97 Å². The van der Waals surface area contributed by atoms with E-state index in [4.69, 9.17) is 15.5 Å². The summed E-state index contributed by atoms with van der Waals surface area (Å²) in [6.45, 7) is 4.02. The molecule has 112 valence electrons. The van der Waals surface area contributed by atoms with Gasteiger partial charge in [0.2, 0.25) is 0 Å². The first kappa shape index (κ1) is 15.4. The number of aryl methyl sites for hydroxylation is 1. The molecule has 0 spiro atoms. The van der Waals surface area contributed by atoms with Crippen LogP contribution < -0.4 is 5.73 Å². The van der Waals surface area contributed by atoms with Crippen LogP contribution in [0.2, 0.25) is 0 Å². The van der Waals surface area contributed by atoms with Crippen LogP contribution in [0.3, 0.4) is 0 Å². The molecular weight excluding hydrogens is 250 g/mol. The van der Waals surface area contributed by atoms with Crippen LogP contribution >= 0.6 is 0 Å². The minimum absolute atomic E-state index is 0.0297. The average Bonchev–Trinajstić information content (AvgIpc) is 2.39. The van der Waals surface area contributed by atoms with Crippen molar-refractivity contribution in [2.75, 3.05) is 7.11 Å². The molecule has 1 saturated carbocycles. The molecule has 2 unspecified atom stereocenters. The van der Waals surface area contributed by atoms with Gasteiger partial charge in [0.05, 0.1) is 0 Å². The van der Waals surface area contributed by atoms with Gasteiger partial charge in [-0.1, -0.05) is 19.3 Å². The maximum atomic E-state index is 5.88. The number of methoxy groups -OCH3 is 1. The lowest BCUT2D eigenvalue weighted by Crippen LogP contribution is -2.23. The van der Waals surface area contributed by atoms with Crippen molar-refractivity contribution in [1.29, 1.82) is 0 Å². The summed E-state index contributed by atoms with van der Waals surface area (Å²) in [4.78, 5) is 9.31. The van der Waals surface area contributed by atoms with Crippen LogP contribution in [0.5, 0.6) is 0 Å². The van der Waals surface area contributed by atoms with Crippen molar-refractivity contribution in [1.82, 2.24) is 9.97 Å². The third-order valence-electron chi connectivity index (χ3n) is 4.04. The van der Waals surface area contributed by atoms with Gasteiger partial charge in [0.15, 0.2) is 5.82 Å². The second kappa shape index (κ2) is 7.14. The molecule has 4 nitrogen and oxygen atoms in total. The number of aromatic nitrogens is 2. The Morgan fingerprint density at radius 1 is 1.30 bits per heavy atom. The van der Waals surface area contributed by atoms with Crippen molar-refractivity contribution >= 4 is 0 Å². The molecule has 0 bridgehead atoms. The molecule has 0 aliphatic heterocycles. The van der Waals surface area contributed by atoms with Crippen LogP contribution in [0.15, 0.2) is 6.07 Å². The molecule has 2 N–H and O–H groups in total. The lowest BCUT2D eigenvalue weighted by molar-refractivity contribution is 0.0286. The van der Waals surface area contributed by atoms with Crippen LogP contribution in [0.4, 0.5) is 0 Å². The van der Waals surface area contributed by atoms with Crippen molar-refractivity contribution < 1.29 is 4.74 Å². The van der Waals surface area contributed by atoms with Gasteiger partial charge in [0.25, 0.3) is 0 Å². The highest BCUT2D eigenvalue weighted by molar-refractivity contribution is 5.13. The Labute approximate surface area is 122 Å². The first-order valence-electron chi connectivity index (χ1n) is 7.73. The summed E-state index contributed by atoms with van der Waals surface area (Å²) in [6, 6.07) is 2.15. The van der Waals surface area contributed by atoms with Crippen molar-refractivity contribution in [3.8, 4) is 0 Å². The summed E-state index contributed by atoms with van der Waals surface area (Å²) in [5.74, 6) is 1.40. The molecule has 1 aromatic heterocycles. The van der Waals surface area contributed by atoms with Crippen molar-refractivity contribution in [2.45, 2.75) is 64.5 Å². The zero-order valence-corrected chi connectivity index (χ0v) is 12.9. The Hall–Kier alpha value is -1.00. The van der Waals surface area contributed by atoms with E-state index in [0.717, 1.165) is 23.6 Å². The molecule has 1 fully saturated rings. The highest BCUT2D eigenvalue weighted by atomic mass is 16.5. The molecule has 4 heteroatoms. The molecule has 1 aliphatic rings. The third kappa shape index (κ3) is 4.00. The summed E-state index contributed by atoms with van der Waals surface area (Å²) < 4.78 is 5.73. The molecular formula is C16H27N3O. The molecule has 2 rings (SSSR count). The number of hydrogen-bond donors (Lipinski definition) is 1. The van der Waals surface area contributed by atoms with E-state index in [0.29, 0.717) is 5.92 Å². The van der Waals surface area contributed by atoms with Gasteiger partial charge in [0.1, 0.15) is 6.10 Å². The topological polar surface area (TPSA) is 61.0 Å². The first-order valence-corrected chi connectivity index (χ1v) is 7.73. The number of nitrogens with zero attached hydrogens (tertiary/aromatic N) is 2. The van der Waals surface area contributed by atoms with Gasteiger partial charge in [-0.05, 0) is 38.7 Å². The van der Waals surface area contributed by atoms with Gasteiger partial charge in [-0.3, -0.25) is 0 Å². The SMILES string of the molecule is COC(c1nc(C)cc(CC(C)N)n1)C1CCCCC1. The smallest absolute Gasteiger partial charge is 0.157 e. The molecule has 0 radical (unpaired) electrons. The van der Waals surface area contributed by atoms with E-state index < -0.39 is 0 Å².